The largest absolute Gasteiger partial charge is 0.392 e. The van der Waals surface area contributed by atoms with Gasteiger partial charge in [0, 0.05) is 22.7 Å². The summed E-state index contributed by atoms with van der Waals surface area (Å²) in [6.07, 6.45) is 4.01. The first kappa shape index (κ1) is 11.8. The van der Waals surface area contributed by atoms with E-state index in [2.05, 4.69) is 11.1 Å². The van der Waals surface area contributed by atoms with Crippen molar-refractivity contribution in [3.8, 4) is 0 Å². The smallest absolute Gasteiger partial charge is 0.0687 e. The van der Waals surface area contributed by atoms with E-state index in [1.165, 1.54) is 5.39 Å². The van der Waals surface area contributed by atoms with Crippen molar-refractivity contribution in [2.75, 3.05) is 6.61 Å². The fraction of sp³-hybridized carbons (Fsp3) is 0.0588. The third kappa shape index (κ3) is 2.30. The van der Waals surface area contributed by atoms with E-state index >= 15 is 0 Å². The summed E-state index contributed by atoms with van der Waals surface area (Å²) in [7, 11) is 0. The van der Waals surface area contributed by atoms with Crippen LogP contribution in [0.2, 0.25) is 0 Å². The minimum Gasteiger partial charge on any atom is -0.392 e. The lowest BCUT2D eigenvalue weighted by atomic mass is 10.0. The van der Waals surface area contributed by atoms with Gasteiger partial charge in [0.2, 0.25) is 0 Å². The number of aromatic nitrogens is 1. The molecule has 0 saturated carbocycles. The first-order valence-corrected chi connectivity index (χ1v) is 6.31. The number of hydrogen-bond acceptors (Lipinski definition) is 1. The predicted molar refractivity (Wildman–Crippen MR) is 79.7 cm³/mol. The van der Waals surface area contributed by atoms with Gasteiger partial charge in [0.15, 0.2) is 0 Å². The fourth-order valence-corrected chi connectivity index (χ4v) is 2.27. The highest BCUT2D eigenvalue weighted by Gasteiger charge is 2.04. The van der Waals surface area contributed by atoms with Crippen LogP contribution < -0.4 is 0 Å². The number of aromatic amines is 1. The van der Waals surface area contributed by atoms with E-state index < -0.39 is 0 Å². The molecule has 0 spiro atoms. The molecule has 94 valence electrons. The van der Waals surface area contributed by atoms with E-state index in [9.17, 15) is 5.11 Å². The molecule has 0 radical (unpaired) electrons. The monoisotopic (exact) mass is 249 g/mol. The van der Waals surface area contributed by atoms with Crippen LogP contribution in [-0.2, 0) is 0 Å². The Morgan fingerprint density at radius 1 is 1.00 bits per heavy atom. The molecule has 0 aliphatic rings. The van der Waals surface area contributed by atoms with Crippen molar-refractivity contribution in [3.63, 3.8) is 0 Å². The molecule has 2 nitrogen and oxygen atoms in total. The maximum absolute atomic E-state index is 9.57. The number of fused-ring (bicyclic) bond motifs is 1. The topological polar surface area (TPSA) is 36.0 Å². The van der Waals surface area contributed by atoms with Gasteiger partial charge in [-0.15, -0.1) is 0 Å². The molecule has 0 fully saturated rings. The van der Waals surface area contributed by atoms with Gasteiger partial charge in [-0.1, -0.05) is 48.5 Å². The lowest BCUT2D eigenvalue weighted by molar-refractivity contribution is 0.351. The van der Waals surface area contributed by atoms with Crippen molar-refractivity contribution >= 4 is 22.6 Å². The molecule has 0 atom stereocenters. The van der Waals surface area contributed by atoms with Gasteiger partial charge in [-0.05, 0) is 23.3 Å². The van der Waals surface area contributed by atoms with E-state index in [-0.39, 0.29) is 6.61 Å². The number of rotatable bonds is 3. The molecule has 0 aliphatic heterocycles. The number of hydrogen-bond donors (Lipinski definition) is 2. The van der Waals surface area contributed by atoms with Gasteiger partial charge in [-0.25, -0.2) is 0 Å². The molecule has 0 bridgehead atoms. The second-order valence-corrected chi connectivity index (χ2v) is 4.48. The Bertz CT molecular complexity index is 710. The van der Waals surface area contributed by atoms with E-state index in [1.54, 1.807) is 0 Å². The summed E-state index contributed by atoms with van der Waals surface area (Å²) in [5.41, 5.74) is 4.18. The fourth-order valence-electron chi connectivity index (χ4n) is 2.27. The zero-order valence-electron chi connectivity index (χ0n) is 10.5. The van der Waals surface area contributed by atoms with Crippen LogP contribution in [0.25, 0.3) is 22.6 Å². The quantitative estimate of drug-likeness (QED) is 0.729. The second kappa shape index (κ2) is 5.12. The van der Waals surface area contributed by atoms with Crippen LogP contribution in [0.3, 0.4) is 0 Å². The summed E-state index contributed by atoms with van der Waals surface area (Å²) in [4.78, 5) is 3.24. The molecule has 3 rings (SSSR count). The normalized spacial score (nSPS) is 11.9. The summed E-state index contributed by atoms with van der Waals surface area (Å²) >= 11 is 0. The van der Waals surface area contributed by atoms with E-state index in [1.807, 2.05) is 60.8 Å². The van der Waals surface area contributed by atoms with Crippen molar-refractivity contribution in [1.29, 1.82) is 0 Å². The zero-order valence-corrected chi connectivity index (χ0v) is 10.5. The Balaban J connectivity index is 2.08. The van der Waals surface area contributed by atoms with Gasteiger partial charge in [-0.2, -0.15) is 0 Å². The summed E-state index contributed by atoms with van der Waals surface area (Å²) in [6, 6.07) is 18.1. The number of aliphatic hydroxyl groups is 1. The maximum atomic E-state index is 9.57. The summed E-state index contributed by atoms with van der Waals surface area (Å²) < 4.78 is 0. The molecule has 2 N–H and O–H groups in total. The van der Waals surface area contributed by atoms with Gasteiger partial charge in [0.25, 0.3) is 0 Å². The van der Waals surface area contributed by atoms with Crippen molar-refractivity contribution < 1.29 is 5.11 Å². The Morgan fingerprint density at radius 2 is 1.74 bits per heavy atom. The Hall–Kier alpha value is -2.32. The summed E-state index contributed by atoms with van der Waals surface area (Å²) in [5.74, 6) is 0. The van der Waals surface area contributed by atoms with Gasteiger partial charge in [0.1, 0.15) is 0 Å². The molecule has 19 heavy (non-hydrogen) atoms. The van der Waals surface area contributed by atoms with Crippen molar-refractivity contribution in [3.05, 3.63) is 71.9 Å². The number of benzene rings is 2. The molecule has 1 heterocycles. The summed E-state index contributed by atoms with van der Waals surface area (Å²) in [6.45, 7) is 0.0313. The molecule has 0 unspecified atom stereocenters. The lowest BCUT2D eigenvalue weighted by Gasteiger charge is -2.03. The first-order valence-electron chi connectivity index (χ1n) is 6.31. The Kier molecular flexibility index (Phi) is 3.17. The Labute approximate surface area is 112 Å². The summed E-state index contributed by atoms with van der Waals surface area (Å²) in [5, 5.41) is 10.7. The number of aliphatic hydroxyl groups excluding tert-OH is 1. The number of para-hydroxylation sites is 1. The molecule has 2 heteroatoms. The molecule has 0 amide bonds. The first-order chi connectivity index (χ1) is 9.38. The molecule has 3 aromatic rings. The SMILES string of the molecule is OCC(=Cc1c[nH]c2ccccc12)c1ccccc1. The average molecular weight is 249 g/mol. The van der Waals surface area contributed by atoms with Crippen LogP contribution in [0, 0.1) is 0 Å². The Morgan fingerprint density at radius 3 is 2.53 bits per heavy atom. The van der Waals surface area contributed by atoms with Crippen LogP contribution in [0.15, 0.2) is 60.8 Å². The van der Waals surface area contributed by atoms with Gasteiger partial charge in [-0.3, -0.25) is 0 Å². The van der Waals surface area contributed by atoms with Gasteiger partial charge in [0.05, 0.1) is 6.61 Å². The lowest BCUT2D eigenvalue weighted by Crippen LogP contribution is -1.89. The molecule has 2 aromatic carbocycles. The van der Waals surface area contributed by atoms with Gasteiger partial charge >= 0.3 is 0 Å². The maximum Gasteiger partial charge on any atom is 0.0687 e. The number of H-pyrrole nitrogens is 1. The third-order valence-electron chi connectivity index (χ3n) is 3.27. The predicted octanol–water partition coefficient (Wildman–Crippen LogP) is 3.70. The molecule has 0 aliphatic carbocycles. The minimum absolute atomic E-state index is 0.0313. The number of nitrogens with one attached hydrogen (secondary N) is 1. The van der Waals surface area contributed by atoms with E-state index in [0.29, 0.717) is 0 Å². The third-order valence-corrected chi connectivity index (χ3v) is 3.27. The van der Waals surface area contributed by atoms with E-state index in [4.69, 9.17) is 0 Å². The van der Waals surface area contributed by atoms with Crippen molar-refractivity contribution in [1.82, 2.24) is 4.98 Å². The van der Waals surface area contributed by atoms with Crippen LogP contribution in [-0.4, -0.2) is 16.7 Å². The van der Waals surface area contributed by atoms with Crippen LogP contribution >= 0.6 is 0 Å². The minimum atomic E-state index is 0.0313. The highest BCUT2D eigenvalue weighted by atomic mass is 16.3. The molecule has 1 aromatic heterocycles. The van der Waals surface area contributed by atoms with Gasteiger partial charge < -0.3 is 10.1 Å². The second-order valence-electron chi connectivity index (χ2n) is 4.48. The highest BCUT2D eigenvalue weighted by Crippen LogP contribution is 2.23. The average Bonchev–Trinajstić information content (AvgIpc) is 2.89. The van der Waals surface area contributed by atoms with Crippen LogP contribution in [0.4, 0.5) is 0 Å². The van der Waals surface area contributed by atoms with Crippen molar-refractivity contribution in [2.45, 2.75) is 0 Å². The standard InChI is InChI=1S/C17H15NO/c19-12-15(13-6-2-1-3-7-13)10-14-11-18-17-9-5-4-8-16(14)17/h1-11,18-19H,12H2. The van der Waals surface area contributed by atoms with Crippen LogP contribution in [0.5, 0.6) is 0 Å². The molecular formula is C17H15NO. The molecular weight excluding hydrogens is 234 g/mol. The van der Waals surface area contributed by atoms with Crippen LogP contribution in [0.1, 0.15) is 11.1 Å². The zero-order chi connectivity index (χ0) is 13.1. The van der Waals surface area contributed by atoms with E-state index in [0.717, 1.165) is 22.2 Å². The van der Waals surface area contributed by atoms with Crippen molar-refractivity contribution in [2.24, 2.45) is 0 Å². The highest BCUT2D eigenvalue weighted by molar-refractivity contribution is 5.94. The molecule has 0 saturated heterocycles.